The second-order valence-corrected chi connectivity index (χ2v) is 6.03. The summed E-state index contributed by atoms with van der Waals surface area (Å²) in [6.07, 6.45) is 0.834. The van der Waals surface area contributed by atoms with Gasteiger partial charge in [-0.1, -0.05) is 19.1 Å². The van der Waals surface area contributed by atoms with Crippen LogP contribution in [0.1, 0.15) is 22.8 Å². The summed E-state index contributed by atoms with van der Waals surface area (Å²) in [4.78, 5) is 36.3. The zero-order valence-electron chi connectivity index (χ0n) is 15.4. The minimum absolute atomic E-state index is 0.00748. The minimum atomic E-state index is -0.805. The number of rotatable bonds is 7. The fraction of sp³-hybridized carbons (Fsp3) is 0.263. The lowest BCUT2D eigenvalue weighted by molar-refractivity contribution is -0.384. The Balaban J connectivity index is 2.01. The number of carbonyl (C=O) groups excluding carboxylic acids is 2. The highest BCUT2D eigenvalue weighted by Gasteiger charge is 2.20. The molecule has 0 atom stereocenters. The van der Waals surface area contributed by atoms with E-state index in [0.29, 0.717) is 11.4 Å². The van der Waals surface area contributed by atoms with Gasteiger partial charge < -0.3 is 15.0 Å². The molecule has 2 aromatic rings. The van der Waals surface area contributed by atoms with Crippen LogP contribution in [-0.2, 0) is 16.0 Å². The summed E-state index contributed by atoms with van der Waals surface area (Å²) in [7, 11) is 3.33. The Kier molecular flexibility index (Phi) is 6.48. The molecule has 0 aromatic heterocycles. The molecule has 8 heteroatoms. The predicted molar refractivity (Wildman–Crippen MR) is 102 cm³/mol. The molecule has 0 saturated carbocycles. The zero-order chi connectivity index (χ0) is 20.0. The first kappa shape index (κ1) is 19.9. The van der Waals surface area contributed by atoms with Gasteiger partial charge in [-0.25, -0.2) is 4.79 Å². The summed E-state index contributed by atoms with van der Waals surface area (Å²) < 4.78 is 4.97. The van der Waals surface area contributed by atoms with E-state index in [1.54, 1.807) is 25.1 Å². The van der Waals surface area contributed by atoms with Gasteiger partial charge in [0.15, 0.2) is 6.61 Å². The summed E-state index contributed by atoms with van der Waals surface area (Å²) in [6.45, 7) is 1.52. The predicted octanol–water partition coefficient (Wildman–Crippen LogP) is 3.02. The molecule has 0 bridgehead atoms. The summed E-state index contributed by atoms with van der Waals surface area (Å²) >= 11 is 0. The lowest BCUT2D eigenvalue weighted by atomic mass is 10.1. The molecule has 0 radical (unpaired) electrons. The molecule has 0 aliphatic heterocycles. The molecule has 0 saturated heterocycles. The van der Waals surface area contributed by atoms with Crippen molar-refractivity contribution >= 4 is 28.9 Å². The number of amides is 1. The lowest BCUT2D eigenvalue weighted by Gasteiger charge is -2.13. The van der Waals surface area contributed by atoms with Crippen molar-refractivity contribution in [1.82, 2.24) is 0 Å². The first-order chi connectivity index (χ1) is 12.8. The van der Waals surface area contributed by atoms with Crippen LogP contribution in [-0.4, -0.2) is 37.5 Å². The summed E-state index contributed by atoms with van der Waals surface area (Å²) in [5, 5.41) is 13.8. The Bertz CT molecular complexity index is 864. The van der Waals surface area contributed by atoms with Gasteiger partial charge in [-0.15, -0.1) is 0 Å². The van der Waals surface area contributed by atoms with E-state index in [1.807, 2.05) is 25.1 Å². The van der Waals surface area contributed by atoms with Crippen molar-refractivity contribution in [1.29, 1.82) is 0 Å². The van der Waals surface area contributed by atoms with Crippen LogP contribution in [0.5, 0.6) is 0 Å². The third-order valence-electron chi connectivity index (χ3n) is 3.84. The van der Waals surface area contributed by atoms with E-state index in [-0.39, 0.29) is 11.3 Å². The standard InChI is InChI=1S/C19H21N3O5/c1-4-13-6-5-7-15(10-13)20-18(23)12-27-19(24)14-8-9-16(21(2)3)17(11-14)22(25)26/h5-11H,4,12H2,1-3H3,(H,20,23). The maximum atomic E-state index is 12.1. The average molecular weight is 371 g/mol. The van der Waals surface area contributed by atoms with Crippen molar-refractivity contribution in [3.05, 3.63) is 63.7 Å². The van der Waals surface area contributed by atoms with Crippen molar-refractivity contribution in [2.75, 3.05) is 30.9 Å². The molecule has 2 aromatic carbocycles. The van der Waals surface area contributed by atoms with Gasteiger partial charge in [0.1, 0.15) is 5.69 Å². The normalized spacial score (nSPS) is 10.2. The number of carbonyl (C=O) groups is 2. The Morgan fingerprint density at radius 2 is 1.93 bits per heavy atom. The van der Waals surface area contributed by atoms with E-state index in [2.05, 4.69) is 5.32 Å². The van der Waals surface area contributed by atoms with E-state index in [0.717, 1.165) is 18.1 Å². The van der Waals surface area contributed by atoms with Crippen molar-refractivity contribution in [3.8, 4) is 0 Å². The van der Waals surface area contributed by atoms with Crippen LogP contribution in [0, 0.1) is 10.1 Å². The number of nitro benzene ring substituents is 1. The maximum absolute atomic E-state index is 12.1. The number of aryl methyl sites for hydroxylation is 1. The molecule has 0 aliphatic rings. The highest BCUT2D eigenvalue weighted by Crippen LogP contribution is 2.27. The molecule has 142 valence electrons. The lowest BCUT2D eigenvalue weighted by Crippen LogP contribution is -2.21. The van der Waals surface area contributed by atoms with Crippen LogP contribution in [0.25, 0.3) is 0 Å². The van der Waals surface area contributed by atoms with Gasteiger partial charge in [0.2, 0.25) is 0 Å². The second kappa shape index (κ2) is 8.79. The summed E-state index contributed by atoms with van der Waals surface area (Å²) in [5.74, 6) is -1.29. The molecular formula is C19H21N3O5. The molecule has 0 spiro atoms. The van der Waals surface area contributed by atoms with Gasteiger partial charge >= 0.3 is 5.97 Å². The fourth-order valence-electron chi connectivity index (χ4n) is 2.46. The topological polar surface area (TPSA) is 102 Å². The number of benzene rings is 2. The van der Waals surface area contributed by atoms with Crippen LogP contribution in [0.4, 0.5) is 17.1 Å². The van der Waals surface area contributed by atoms with Crippen molar-refractivity contribution in [2.45, 2.75) is 13.3 Å². The van der Waals surface area contributed by atoms with Gasteiger partial charge in [0, 0.05) is 25.8 Å². The van der Waals surface area contributed by atoms with E-state index < -0.39 is 23.4 Å². The Labute approximate surface area is 156 Å². The van der Waals surface area contributed by atoms with Crippen LogP contribution in [0.3, 0.4) is 0 Å². The van der Waals surface area contributed by atoms with E-state index in [1.165, 1.54) is 12.1 Å². The van der Waals surface area contributed by atoms with Crippen molar-refractivity contribution in [2.24, 2.45) is 0 Å². The molecule has 0 aliphatic carbocycles. The van der Waals surface area contributed by atoms with E-state index in [4.69, 9.17) is 4.74 Å². The number of ether oxygens (including phenoxy) is 1. The molecule has 27 heavy (non-hydrogen) atoms. The number of anilines is 2. The number of nitrogens with one attached hydrogen (secondary N) is 1. The maximum Gasteiger partial charge on any atom is 0.338 e. The molecular weight excluding hydrogens is 350 g/mol. The van der Waals surface area contributed by atoms with E-state index >= 15 is 0 Å². The highest BCUT2D eigenvalue weighted by molar-refractivity contribution is 5.96. The third kappa shape index (κ3) is 5.27. The Morgan fingerprint density at radius 3 is 2.56 bits per heavy atom. The minimum Gasteiger partial charge on any atom is -0.452 e. The largest absolute Gasteiger partial charge is 0.452 e. The number of esters is 1. The fourth-order valence-corrected chi connectivity index (χ4v) is 2.46. The van der Waals surface area contributed by atoms with E-state index in [9.17, 15) is 19.7 Å². The second-order valence-electron chi connectivity index (χ2n) is 6.03. The van der Waals surface area contributed by atoms with Crippen LogP contribution >= 0.6 is 0 Å². The molecule has 0 unspecified atom stereocenters. The quantitative estimate of drug-likeness (QED) is 0.456. The number of hydrogen-bond donors (Lipinski definition) is 1. The van der Waals surface area contributed by atoms with Gasteiger partial charge in [-0.3, -0.25) is 14.9 Å². The molecule has 0 fully saturated rings. The molecule has 0 heterocycles. The average Bonchev–Trinajstić information content (AvgIpc) is 2.65. The SMILES string of the molecule is CCc1cccc(NC(=O)COC(=O)c2ccc(N(C)C)c([N+](=O)[O-])c2)c1. The summed E-state index contributed by atoms with van der Waals surface area (Å²) in [5.41, 5.74) is 1.84. The first-order valence-corrected chi connectivity index (χ1v) is 8.33. The molecule has 1 amide bonds. The molecule has 1 N–H and O–H groups in total. The molecule has 2 rings (SSSR count). The summed E-state index contributed by atoms with van der Waals surface area (Å²) in [6, 6.07) is 11.4. The van der Waals surface area contributed by atoms with Gasteiger partial charge in [0.25, 0.3) is 11.6 Å². The van der Waals surface area contributed by atoms with Crippen molar-refractivity contribution < 1.29 is 19.2 Å². The van der Waals surface area contributed by atoms with Gasteiger partial charge in [0.05, 0.1) is 10.5 Å². The smallest absolute Gasteiger partial charge is 0.338 e. The van der Waals surface area contributed by atoms with Crippen molar-refractivity contribution in [3.63, 3.8) is 0 Å². The van der Waals surface area contributed by atoms with Crippen LogP contribution in [0.2, 0.25) is 0 Å². The highest BCUT2D eigenvalue weighted by atomic mass is 16.6. The van der Waals surface area contributed by atoms with Crippen LogP contribution in [0.15, 0.2) is 42.5 Å². The van der Waals surface area contributed by atoms with Gasteiger partial charge in [-0.05, 0) is 36.2 Å². The molecule has 8 nitrogen and oxygen atoms in total. The monoisotopic (exact) mass is 371 g/mol. The number of hydrogen-bond acceptors (Lipinski definition) is 6. The van der Waals surface area contributed by atoms with Crippen LogP contribution < -0.4 is 10.2 Å². The number of nitrogens with zero attached hydrogens (tertiary/aromatic N) is 2. The zero-order valence-corrected chi connectivity index (χ0v) is 15.4. The third-order valence-corrected chi connectivity index (χ3v) is 3.84. The Morgan fingerprint density at radius 1 is 1.19 bits per heavy atom. The first-order valence-electron chi connectivity index (χ1n) is 8.33. The van der Waals surface area contributed by atoms with Gasteiger partial charge in [-0.2, -0.15) is 0 Å². The number of nitro groups is 1. The Hall–Kier alpha value is -3.42.